The average Bonchev–Trinajstić information content (AvgIpc) is 3.27. The molecule has 2 aromatic carbocycles. The van der Waals surface area contributed by atoms with Crippen LogP contribution in [0.4, 0.5) is 10.3 Å². The van der Waals surface area contributed by atoms with Gasteiger partial charge in [0.2, 0.25) is 0 Å². The molecular weight excluding hydrogens is 407 g/mol. The van der Waals surface area contributed by atoms with Gasteiger partial charge >= 0.3 is 0 Å². The number of sulfonamides is 1. The predicted molar refractivity (Wildman–Crippen MR) is 109 cm³/mol. The van der Waals surface area contributed by atoms with E-state index in [1.54, 1.807) is 30.7 Å². The molecule has 0 bridgehead atoms. The number of benzene rings is 2. The molecule has 4 rings (SSSR count). The van der Waals surface area contributed by atoms with Crippen LogP contribution in [0.3, 0.4) is 0 Å². The minimum Gasteiger partial charge on any atom is -0.246 e. The highest BCUT2D eigenvalue weighted by Gasteiger charge is 2.26. The van der Waals surface area contributed by atoms with Crippen LogP contribution in [0.2, 0.25) is 0 Å². The van der Waals surface area contributed by atoms with E-state index in [0.29, 0.717) is 17.9 Å². The third kappa shape index (κ3) is 3.94. The lowest BCUT2D eigenvalue weighted by atomic mass is 10.2. The highest BCUT2D eigenvalue weighted by atomic mass is 32.2. The third-order valence-electron chi connectivity index (χ3n) is 4.51. The Kier molecular flexibility index (Phi) is 5.08. The van der Waals surface area contributed by atoms with Gasteiger partial charge in [0.05, 0.1) is 23.6 Å². The summed E-state index contributed by atoms with van der Waals surface area (Å²) in [5, 5.41) is 8.53. The summed E-state index contributed by atoms with van der Waals surface area (Å²) in [7, 11) is -3.95. The largest absolute Gasteiger partial charge is 0.267 e. The van der Waals surface area contributed by atoms with Gasteiger partial charge in [0.25, 0.3) is 16.0 Å². The van der Waals surface area contributed by atoms with Gasteiger partial charge in [0.1, 0.15) is 17.0 Å². The fourth-order valence-corrected chi connectivity index (χ4v) is 4.54. The molecule has 0 saturated carbocycles. The van der Waals surface area contributed by atoms with Crippen molar-refractivity contribution in [3.05, 3.63) is 83.7 Å². The Labute approximate surface area is 173 Å². The molecular formula is C20H19FN6O2S. The van der Waals surface area contributed by atoms with E-state index in [9.17, 15) is 12.8 Å². The Hall–Kier alpha value is -3.53. The van der Waals surface area contributed by atoms with Gasteiger partial charge in [-0.15, -0.1) is 5.10 Å². The Morgan fingerprint density at radius 3 is 2.40 bits per heavy atom. The molecule has 0 atom stereocenters. The molecule has 0 aliphatic heterocycles. The molecule has 0 radical (unpaired) electrons. The van der Waals surface area contributed by atoms with Crippen LogP contribution in [0, 0.1) is 19.7 Å². The molecule has 2 aromatic heterocycles. The van der Waals surface area contributed by atoms with Gasteiger partial charge in [0, 0.05) is 0 Å². The number of halogens is 1. The first-order chi connectivity index (χ1) is 14.3. The van der Waals surface area contributed by atoms with Crippen molar-refractivity contribution in [3.8, 4) is 5.69 Å². The van der Waals surface area contributed by atoms with Gasteiger partial charge in [-0.3, -0.25) is 0 Å². The molecule has 0 unspecified atom stereocenters. The van der Waals surface area contributed by atoms with Gasteiger partial charge in [0.15, 0.2) is 0 Å². The molecule has 30 heavy (non-hydrogen) atoms. The van der Waals surface area contributed by atoms with Crippen molar-refractivity contribution in [1.82, 2.24) is 24.5 Å². The maximum atomic E-state index is 13.0. The number of aryl methyl sites for hydroxylation is 1. The quantitative estimate of drug-likeness (QED) is 0.511. The number of anilines is 1. The SMILES string of the molecule is Cc1nn(-c2ccccc2)c(C)c1S(=O)(=O)Nc1ncn(Cc2ccc(F)cc2)n1. The number of nitrogens with one attached hydrogen (secondary N) is 1. The van der Waals surface area contributed by atoms with E-state index in [2.05, 4.69) is 19.9 Å². The maximum Gasteiger partial charge on any atom is 0.267 e. The smallest absolute Gasteiger partial charge is 0.246 e. The van der Waals surface area contributed by atoms with Crippen LogP contribution >= 0.6 is 0 Å². The van der Waals surface area contributed by atoms with Crippen molar-refractivity contribution in [1.29, 1.82) is 0 Å². The number of hydrogen-bond acceptors (Lipinski definition) is 5. The summed E-state index contributed by atoms with van der Waals surface area (Å²) < 4.78 is 44.5. The van der Waals surface area contributed by atoms with Gasteiger partial charge in [-0.05, 0) is 43.7 Å². The molecule has 0 fully saturated rings. The summed E-state index contributed by atoms with van der Waals surface area (Å²) in [5.41, 5.74) is 2.43. The first kappa shape index (κ1) is 19.8. The molecule has 4 aromatic rings. The molecule has 8 nitrogen and oxygen atoms in total. The zero-order chi connectivity index (χ0) is 21.3. The molecule has 0 amide bonds. The first-order valence-corrected chi connectivity index (χ1v) is 10.6. The van der Waals surface area contributed by atoms with Crippen LogP contribution in [0.1, 0.15) is 17.0 Å². The van der Waals surface area contributed by atoms with E-state index in [4.69, 9.17) is 0 Å². The second-order valence-corrected chi connectivity index (χ2v) is 8.36. The number of nitrogens with zero attached hydrogens (tertiary/aromatic N) is 5. The van der Waals surface area contributed by atoms with Crippen molar-refractivity contribution in [2.75, 3.05) is 4.72 Å². The molecule has 154 valence electrons. The molecule has 1 N–H and O–H groups in total. The fourth-order valence-electron chi connectivity index (χ4n) is 3.20. The second-order valence-electron chi connectivity index (χ2n) is 6.75. The maximum absolute atomic E-state index is 13.0. The highest BCUT2D eigenvalue weighted by molar-refractivity contribution is 7.92. The Bertz CT molecular complexity index is 1280. The van der Waals surface area contributed by atoms with Crippen molar-refractivity contribution in [2.24, 2.45) is 0 Å². The average molecular weight is 426 g/mol. The number of para-hydroxylation sites is 1. The summed E-state index contributed by atoms with van der Waals surface area (Å²) in [5.74, 6) is -0.379. The second kappa shape index (κ2) is 7.71. The number of aromatic nitrogens is 5. The Morgan fingerprint density at radius 1 is 1.00 bits per heavy atom. The van der Waals surface area contributed by atoms with Crippen molar-refractivity contribution in [3.63, 3.8) is 0 Å². The molecule has 0 aliphatic carbocycles. The first-order valence-electron chi connectivity index (χ1n) is 9.12. The zero-order valence-electron chi connectivity index (χ0n) is 16.3. The van der Waals surface area contributed by atoms with E-state index in [1.807, 2.05) is 30.3 Å². The van der Waals surface area contributed by atoms with E-state index >= 15 is 0 Å². The molecule has 0 spiro atoms. The van der Waals surface area contributed by atoms with Crippen LogP contribution < -0.4 is 4.72 Å². The third-order valence-corrected chi connectivity index (χ3v) is 6.09. The summed E-state index contributed by atoms with van der Waals surface area (Å²) >= 11 is 0. The normalized spacial score (nSPS) is 11.6. The van der Waals surface area contributed by atoms with Crippen LogP contribution in [0.15, 0.2) is 65.8 Å². The standard InChI is InChI=1S/C20H19FN6O2S/c1-14-19(15(2)27(23-14)18-6-4-3-5-7-18)30(28,29)25-20-22-13-26(24-20)12-16-8-10-17(21)11-9-16/h3-11,13H,12H2,1-2H3,(H,24,25). The van der Waals surface area contributed by atoms with Crippen LogP contribution in [0.25, 0.3) is 5.69 Å². The van der Waals surface area contributed by atoms with E-state index < -0.39 is 10.0 Å². The van der Waals surface area contributed by atoms with E-state index in [1.165, 1.54) is 23.1 Å². The van der Waals surface area contributed by atoms with Crippen LogP contribution in [-0.4, -0.2) is 33.0 Å². The Balaban J connectivity index is 1.58. The molecule has 0 saturated heterocycles. The van der Waals surface area contributed by atoms with E-state index in [-0.39, 0.29) is 16.7 Å². The van der Waals surface area contributed by atoms with Crippen molar-refractivity contribution < 1.29 is 12.8 Å². The highest BCUT2D eigenvalue weighted by Crippen LogP contribution is 2.24. The summed E-state index contributed by atoms with van der Waals surface area (Å²) in [6, 6.07) is 15.3. The number of hydrogen-bond donors (Lipinski definition) is 1. The van der Waals surface area contributed by atoms with Gasteiger partial charge in [-0.2, -0.15) is 10.1 Å². The zero-order valence-corrected chi connectivity index (χ0v) is 17.1. The van der Waals surface area contributed by atoms with Crippen molar-refractivity contribution in [2.45, 2.75) is 25.3 Å². The number of rotatable bonds is 6. The van der Waals surface area contributed by atoms with Crippen LogP contribution in [-0.2, 0) is 16.6 Å². The van der Waals surface area contributed by atoms with Gasteiger partial charge < -0.3 is 0 Å². The lowest BCUT2D eigenvalue weighted by Gasteiger charge is -2.07. The summed E-state index contributed by atoms with van der Waals surface area (Å²) in [6.45, 7) is 3.67. The van der Waals surface area contributed by atoms with Gasteiger partial charge in [-0.1, -0.05) is 30.3 Å². The predicted octanol–water partition coefficient (Wildman–Crippen LogP) is 3.07. The molecule has 10 heteroatoms. The minimum absolute atomic E-state index is 0.0524. The fraction of sp³-hybridized carbons (Fsp3) is 0.150. The summed E-state index contributed by atoms with van der Waals surface area (Å²) in [6.07, 6.45) is 1.41. The molecule has 2 heterocycles. The van der Waals surface area contributed by atoms with Gasteiger partial charge in [-0.25, -0.2) is 26.9 Å². The molecule has 0 aliphatic rings. The monoisotopic (exact) mass is 426 g/mol. The van der Waals surface area contributed by atoms with E-state index in [0.717, 1.165) is 11.3 Å². The van der Waals surface area contributed by atoms with Crippen LogP contribution in [0.5, 0.6) is 0 Å². The summed E-state index contributed by atoms with van der Waals surface area (Å²) in [4.78, 5) is 4.11. The minimum atomic E-state index is -3.95. The lowest BCUT2D eigenvalue weighted by Crippen LogP contribution is -2.16. The van der Waals surface area contributed by atoms with Crippen molar-refractivity contribution >= 4 is 16.0 Å². The topological polar surface area (TPSA) is 94.7 Å². The Morgan fingerprint density at radius 2 is 1.70 bits per heavy atom. The lowest BCUT2D eigenvalue weighted by molar-refractivity contribution is 0.599.